The van der Waals surface area contributed by atoms with E-state index in [0.29, 0.717) is 17.2 Å². The molecule has 60 heavy (non-hydrogen) atoms. The number of hydrogen-bond acceptors (Lipinski definition) is 3. The Morgan fingerprint density at radius 3 is 2.00 bits per heavy atom. The molecule has 0 saturated carbocycles. The van der Waals surface area contributed by atoms with Gasteiger partial charge in [-0.15, -0.1) is 23.6 Å². The maximum Gasteiger partial charge on any atom is 0.268 e. The second-order valence-electron chi connectivity index (χ2n) is 18.6. The summed E-state index contributed by atoms with van der Waals surface area (Å²) in [5, 5.41) is 2.18. The van der Waals surface area contributed by atoms with Crippen LogP contribution < -0.4 is 9.30 Å². The zero-order chi connectivity index (χ0) is 41.3. The number of para-hydroxylation sites is 2. The summed E-state index contributed by atoms with van der Waals surface area (Å²) in [7, 11) is 0. The van der Waals surface area contributed by atoms with E-state index in [2.05, 4.69) is 198 Å². The van der Waals surface area contributed by atoms with Crippen LogP contribution in [-0.2, 0) is 37.3 Å². The van der Waals surface area contributed by atoms with Crippen LogP contribution in [0.4, 0.5) is 0 Å². The predicted molar refractivity (Wildman–Crippen MR) is 239 cm³/mol. The van der Waals surface area contributed by atoms with Crippen molar-refractivity contribution in [2.24, 2.45) is 0 Å². The van der Waals surface area contributed by atoms with Crippen molar-refractivity contribution >= 4 is 32.8 Å². The zero-order valence-electron chi connectivity index (χ0n) is 35.7. The molecule has 9 rings (SSSR count). The van der Waals surface area contributed by atoms with Crippen LogP contribution >= 0.6 is 0 Å². The first-order valence-corrected chi connectivity index (χ1v) is 20.3. The quantitative estimate of drug-likeness (QED) is 0.123. The Bertz CT molecular complexity index is 3000. The van der Waals surface area contributed by atoms with Crippen LogP contribution in [0.15, 0.2) is 134 Å². The average molecular weight is 967 g/mol. The van der Waals surface area contributed by atoms with Crippen LogP contribution in [0.3, 0.4) is 0 Å². The molecule has 5 aromatic carbocycles. The summed E-state index contributed by atoms with van der Waals surface area (Å²) in [5.41, 5.74) is 11.7. The van der Waals surface area contributed by atoms with Crippen molar-refractivity contribution < 1.29 is 30.4 Å². The van der Waals surface area contributed by atoms with Crippen molar-refractivity contribution in [3.63, 3.8) is 0 Å². The van der Waals surface area contributed by atoms with Crippen LogP contribution in [0.2, 0.25) is 0 Å². The number of nitrogens with zero attached hydrogens (tertiary/aromatic N) is 5. The smallest absolute Gasteiger partial charge is 0.268 e. The molecule has 0 bridgehead atoms. The van der Waals surface area contributed by atoms with E-state index in [1.54, 1.807) is 12.4 Å². The van der Waals surface area contributed by atoms with Gasteiger partial charge in [0.25, 0.3) is 6.33 Å². The Labute approximate surface area is 367 Å². The third-order valence-corrected chi connectivity index (χ3v) is 11.2. The first kappa shape index (κ1) is 40.9. The van der Waals surface area contributed by atoms with Gasteiger partial charge in [-0.1, -0.05) is 147 Å². The molecular weight excluding hydrogens is 918 g/mol. The van der Waals surface area contributed by atoms with Crippen LogP contribution in [0, 0.1) is 18.5 Å². The number of ether oxygens (including phenoxy) is 1. The maximum atomic E-state index is 6.58. The van der Waals surface area contributed by atoms with E-state index in [1.165, 1.54) is 22.3 Å². The fourth-order valence-corrected chi connectivity index (χ4v) is 7.73. The molecule has 0 atom stereocenters. The van der Waals surface area contributed by atoms with Crippen molar-refractivity contribution in [1.29, 1.82) is 0 Å². The van der Waals surface area contributed by atoms with Crippen molar-refractivity contribution in [2.75, 3.05) is 0 Å². The summed E-state index contributed by atoms with van der Waals surface area (Å²) < 4.78 is 12.9. The molecular formula is C53H49N5OPt-2. The van der Waals surface area contributed by atoms with Crippen LogP contribution in [0.25, 0.3) is 61.2 Å². The van der Waals surface area contributed by atoms with Gasteiger partial charge in [-0.25, -0.2) is 4.98 Å². The largest absolute Gasteiger partial charge is 0.508 e. The van der Waals surface area contributed by atoms with E-state index < -0.39 is 0 Å². The Hall–Kier alpha value is -5.84. The molecule has 0 fully saturated rings. The zero-order valence-corrected chi connectivity index (χ0v) is 37.9. The molecule has 0 unspecified atom stereocenters. The normalized spacial score (nSPS) is 12.3. The summed E-state index contributed by atoms with van der Waals surface area (Å²) in [6.07, 6.45) is 9.05. The summed E-state index contributed by atoms with van der Waals surface area (Å²) in [4.78, 5) is 9.53. The Morgan fingerprint density at radius 1 is 0.583 bits per heavy atom. The molecule has 0 aliphatic carbocycles. The van der Waals surface area contributed by atoms with Gasteiger partial charge < -0.3 is 18.9 Å². The molecule has 9 aromatic rings. The monoisotopic (exact) mass is 966 g/mol. The minimum atomic E-state index is -0.0453. The van der Waals surface area contributed by atoms with Gasteiger partial charge in [-0.05, 0) is 91.7 Å². The molecule has 6 nitrogen and oxygen atoms in total. The third kappa shape index (κ3) is 7.70. The van der Waals surface area contributed by atoms with Gasteiger partial charge in [0.2, 0.25) is 0 Å². The van der Waals surface area contributed by atoms with Gasteiger partial charge in [0.1, 0.15) is 5.82 Å². The Kier molecular flexibility index (Phi) is 10.4. The number of aromatic nitrogens is 5. The topological polar surface area (TPSA) is 48.8 Å². The van der Waals surface area contributed by atoms with Gasteiger partial charge in [0.15, 0.2) is 0 Å². The average Bonchev–Trinajstić information content (AvgIpc) is 3.76. The van der Waals surface area contributed by atoms with E-state index in [-0.39, 0.29) is 37.3 Å². The van der Waals surface area contributed by atoms with Crippen molar-refractivity contribution in [3.05, 3.63) is 169 Å². The summed E-state index contributed by atoms with van der Waals surface area (Å²) in [6.45, 7) is 20.3. The maximum absolute atomic E-state index is 6.58. The van der Waals surface area contributed by atoms with Crippen molar-refractivity contribution in [2.45, 2.75) is 78.6 Å². The molecule has 4 aromatic heterocycles. The van der Waals surface area contributed by atoms with Crippen molar-refractivity contribution in [1.82, 2.24) is 19.1 Å². The van der Waals surface area contributed by atoms with Gasteiger partial charge in [-0.2, -0.15) is 6.07 Å². The van der Waals surface area contributed by atoms with Gasteiger partial charge in [0, 0.05) is 44.3 Å². The Balaban J connectivity index is 0.00000499. The minimum absolute atomic E-state index is 0. The first-order chi connectivity index (χ1) is 28.1. The molecule has 0 radical (unpaired) electrons. The molecule has 0 aliphatic heterocycles. The first-order valence-electron chi connectivity index (χ1n) is 20.3. The third-order valence-electron chi connectivity index (χ3n) is 11.2. The molecule has 0 aliphatic rings. The Morgan fingerprint density at radius 2 is 1.28 bits per heavy atom. The van der Waals surface area contributed by atoms with Crippen LogP contribution in [-0.4, -0.2) is 19.1 Å². The van der Waals surface area contributed by atoms with E-state index in [0.717, 1.165) is 49.9 Å². The molecule has 0 amide bonds. The fourth-order valence-electron chi connectivity index (χ4n) is 7.73. The van der Waals surface area contributed by atoms with Crippen molar-refractivity contribution in [3.8, 4) is 39.8 Å². The second kappa shape index (κ2) is 15.3. The molecule has 0 saturated heterocycles. The number of hydrogen-bond donors (Lipinski definition) is 0. The van der Waals surface area contributed by atoms with Gasteiger partial charge >= 0.3 is 0 Å². The van der Waals surface area contributed by atoms with Gasteiger partial charge in [0.05, 0.1) is 16.7 Å². The SMILES string of the molecule is CC(C)(C)c1cc(-[n+]2[c-]n(-c3[c-]c(Oc4[c-]c5c(cc4)c4cc(-c6ccccc6)ccc4n5-c4cc(C(C)(C)C)ccn4)cnc3)c3ccccc32)cc(C(C)(C)C)c1.[Pt]. The molecule has 0 N–H and O–H groups in total. The summed E-state index contributed by atoms with van der Waals surface area (Å²) >= 11 is 0. The number of imidazole rings is 1. The summed E-state index contributed by atoms with van der Waals surface area (Å²) in [6, 6.07) is 47.9. The molecule has 0 spiro atoms. The number of benzene rings is 5. The van der Waals surface area contributed by atoms with E-state index in [9.17, 15) is 0 Å². The molecule has 304 valence electrons. The number of pyridine rings is 2. The van der Waals surface area contributed by atoms with Crippen LogP contribution in [0.5, 0.6) is 11.5 Å². The summed E-state index contributed by atoms with van der Waals surface area (Å²) in [5.74, 6) is 1.86. The second-order valence-corrected chi connectivity index (χ2v) is 18.6. The predicted octanol–water partition coefficient (Wildman–Crippen LogP) is 12.5. The number of rotatable bonds is 6. The fraction of sp³-hybridized carbons (Fsp3) is 0.226. The van der Waals surface area contributed by atoms with E-state index in [1.807, 2.05) is 22.9 Å². The van der Waals surface area contributed by atoms with E-state index in [4.69, 9.17) is 9.72 Å². The molecule has 4 heterocycles. The van der Waals surface area contributed by atoms with Crippen LogP contribution in [0.1, 0.15) is 79.0 Å². The van der Waals surface area contributed by atoms with Gasteiger partial charge in [-0.3, -0.25) is 4.57 Å². The standard InChI is InChI=1S/C53H49N5O.Pt/c1-51(2,3)37-23-24-55-50(29-37)58-46-22-19-36(35-15-11-10-12-16-35)25-45(46)44-21-20-42(31-49(44)58)59-43-30-41(32-54-33-43)57-34-56(47-17-13-14-18-48(47)57)40-27-38(52(4,5)6)26-39(28-40)53(7,8)9;/h10-29,32-33H,1-9H3;/q-2;. The van der Waals surface area contributed by atoms with E-state index >= 15 is 0 Å². The minimum Gasteiger partial charge on any atom is -0.508 e. The molecule has 7 heteroatoms. The number of fused-ring (bicyclic) bond motifs is 4.